The maximum Gasteiger partial charge on any atom is 0.241 e. The maximum atomic E-state index is 6.03. The predicted molar refractivity (Wildman–Crippen MR) is 121 cm³/mol. The Morgan fingerprint density at radius 2 is 2.16 bits per heavy atom. The highest BCUT2D eigenvalue weighted by Gasteiger charge is 2.19. The Kier molecular flexibility index (Phi) is 6.76. The number of nitrogens with two attached hydrogens (primary N) is 2. The Morgan fingerprint density at radius 3 is 2.90 bits per heavy atom. The molecule has 0 saturated carbocycles. The summed E-state index contributed by atoms with van der Waals surface area (Å²) < 4.78 is 5.09. The molecule has 162 valence electrons. The molecule has 3 aromatic rings. The van der Waals surface area contributed by atoms with E-state index in [0.29, 0.717) is 29.3 Å². The van der Waals surface area contributed by atoms with Crippen LogP contribution in [0.3, 0.4) is 0 Å². The van der Waals surface area contributed by atoms with Crippen molar-refractivity contribution in [1.82, 2.24) is 20.0 Å². The first-order chi connectivity index (χ1) is 15.2. The van der Waals surface area contributed by atoms with Crippen LogP contribution >= 0.6 is 11.6 Å². The van der Waals surface area contributed by atoms with Crippen molar-refractivity contribution in [3.8, 4) is 11.4 Å². The Bertz CT molecular complexity index is 1060. The average molecular weight is 441 g/mol. The van der Waals surface area contributed by atoms with E-state index >= 15 is 0 Å². The van der Waals surface area contributed by atoms with Gasteiger partial charge in [0, 0.05) is 24.3 Å². The van der Waals surface area contributed by atoms with Crippen LogP contribution < -0.4 is 11.5 Å². The molecule has 2 aromatic heterocycles. The van der Waals surface area contributed by atoms with Crippen molar-refractivity contribution in [2.45, 2.75) is 31.3 Å². The molecule has 4 rings (SSSR count). The highest BCUT2D eigenvalue weighted by atomic mass is 35.5. The van der Waals surface area contributed by atoms with Gasteiger partial charge in [-0.05, 0) is 49.7 Å². The fourth-order valence-electron chi connectivity index (χ4n) is 3.58. The molecule has 0 spiro atoms. The van der Waals surface area contributed by atoms with Gasteiger partial charge in [-0.2, -0.15) is 4.98 Å². The van der Waals surface area contributed by atoms with E-state index in [9.17, 15) is 0 Å². The molecular formula is C21H25ClN8O. The normalized spacial score (nSPS) is 16.4. The first-order valence-corrected chi connectivity index (χ1v) is 10.7. The summed E-state index contributed by atoms with van der Waals surface area (Å²) in [7, 11) is 0. The highest BCUT2D eigenvalue weighted by Crippen LogP contribution is 2.24. The van der Waals surface area contributed by atoms with Gasteiger partial charge in [0.2, 0.25) is 11.7 Å². The van der Waals surface area contributed by atoms with Crippen LogP contribution in [-0.2, 0) is 12.4 Å². The largest absolute Gasteiger partial charge is 0.390 e. The molecule has 1 aromatic carbocycles. The van der Waals surface area contributed by atoms with E-state index in [1.54, 1.807) is 0 Å². The van der Waals surface area contributed by atoms with Gasteiger partial charge in [-0.15, -0.1) is 11.6 Å². The van der Waals surface area contributed by atoms with Crippen molar-refractivity contribution in [2.75, 3.05) is 13.1 Å². The van der Waals surface area contributed by atoms with Gasteiger partial charge in [-0.1, -0.05) is 17.3 Å². The molecule has 0 atom stereocenters. The Labute approximate surface area is 185 Å². The number of likely N-dealkylation sites (tertiary alicyclic amines) is 1. The van der Waals surface area contributed by atoms with E-state index in [-0.39, 0.29) is 5.88 Å². The number of H-pyrrole nitrogens is 1. The van der Waals surface area contributed by atoms with Crippen molar-refractivity contribution in [3.05, 3.63) is 53.7 Å². The van der Waals surface area contributed by atoms with Crippen LogP contribution in [0.1, 0.15) is 30.0 Å². The molecular weight excluding hydrogens is 416 g/mol. The van der Waals surface area contributed by atoms with Gasteiger partial charge < -0.3 is 21.0 Å². The van der Waals surface area contributed by atoms with Crippen LogP contribution in [-0.4, -0.2) is 51.3 Å². The first kappa shape index (κ1) is 21.2. The van der Waals surface area contributed by atoms with Crippen molar-refractivity contribution in [1.29, 1.82) is 0 Å². The van der Waals surface area contributed by atoms with E-state index in [0.717, 1.165) is 49.3 Å². The number of nitrogens with one attached hydrogen (secondary N) is 1. The number of alkyl halides is 1. The van der Waals surface area contributed by atoms with Gasteiger partial charge in [-0.25, -0.2) is 9.98 Å². The minimum absolute atomic E-state index is 0.165. The molecule has 9 nitrogen and oxygen atoms in total. The first-order valence-electron chi connectivity index (χ1n) is 10.1. The summed E-state index contributed by atoms with van der Waals surface area (Å²) >= 11 is 5.75. The quantitative estimate of drug-likeness (QED) is 0.306. The smallest absolute Gasteiger partial charge is 0.241 e. The van der Waals surface area contributed by atoms with E-state index in [1.165, 1.54) is 6.34 Å². The summed E-state index contributed by atoms with van der Waals surface area (Å²) in [4.78, 5) is 19.0. The third-order valence-electron chi connectivity index (χ3n) is 5.20. The zero-order chi connectivity index (χ0) is 21.6. The van der Waals surface area contributed by atoms with Crippen LogP contribution in [0.2, 0.25) is 0 Å². The molecule has 0 unspecified atom stereocenters. The van der Waals surface area contributed by atoms with Gasteiger partial charge in [0.25, 0.3) is 0 Å². The molecule has 0 radical (unpaired) electrons. The number of aromatic amines is 1. The van der Waals surface area contributed by atoms with Crippen LogP contribution in [0.5, 0.6) is 0 Å². The lowest BCUT2D eigenvalue weighted by Crippen LogP contribution is -2.39. The summed E-state index contributed by atoms with van der Waals surface area (Å²) in [5.41, 5.74) is 15.1. The summed E-state index contributed by atoms with van der Waals surface area (Å²) in [5, 5.41) is 3.96. The number of aromatic nitrogens is 3. The summed E-state index contributed by atoms with van der Waals surface area (Å²) in [6.07, 6.45) is 5.16. The Hall–Kier alpha value is -3.01. The number of aliphatic imine (C=N–C) groups is 2. The van der Waals surface area contributed by atoms with Crippen LogP contribution in [0.15, 0.2) is 51.0 Å². The van der Waals surface area contributed by atoms with Crippen molar-refractivity contribution in [2.24, 2.45) is 21.5 Å². The predicted octanol–water partition coefficient (Wildman–Crippen LogP) is 2.79. The van der Waals surface area contributed by atoms with E-state index in [4.69, 9.17) is 32.6 Å². The van der Waals surface area contributed by atoms with Crippen molar-refractivity contribution >= 4 is 29.5 Å². The highest BCUT2D eigenvalue weighted by molar-refractivity contribution is 6.16. The number of benzene rings is 1. The number of halogens is 1. The molecule has 1 fully saturated rings. The number of rotatable bonds is 6. The monoisotopic (exact) mass is 440 g/mol. The molecule has 1 aliphatic rings. The second-order valence-electron chi connectivity index (χ2n) is 7.40. The zero-order valence-electron chi connectivity index (χ0n) is 17.0. The van der Waals surface area contributed by atoms with Gasteiger partial charge in [-0.3, -0.25) is 4.90 Å². The van der Waals surface area contributed by atoms with Crippen LogP contribution in [0.4, 0.5) is 5.69 Å². The maximum absolute atomic E-state index is 6.03. The second-order valence-corrected chi connectivity index (χ2v) is 7.67. The molecule has 5 N–H and O–H groups in total. The molecule has 10 heteroatoms. The fraction of sp³-hybridized carbons (Fsp3) is 0.333. The average Bonchev–Trinajstić information content (AvgIpc) is 3.45. The fourth-order valence-corrected chi connectivity index (χ4v) is 3.69. The van der Waals surface area contributed by atoms with E-state index in [2.05, 4.69) is 31.1 Å². The zero-order valence-corrected chi connectivity index (χ0v) is 17.8. The van der Waals surface area contributed by atoms with Gasteiger partial charge in [0.15, 0.2) is 5.84 Å². The second kappa shape index (κ2) is 9.86. The molecule has 0 bridgehead atoms. The molecule has 1 saturated heterocycles. The van der Waals surface area contributed by atoms with Crippen molar-refractivity contribution < 1.29 is 4.52 Å². The lowest BCUT2D eigenvalue weighted by Gasteiger charge is -2.30. The molecule has 0 aliphatic carbocycles. The van der Waals surface area contributed by atoms with Crippen LogP contribution in [0, 0.1) is 0 Å². The topological polar surface area (TPSA) is 135 Å². The molecule has 31 heavy (non-hydrogen) atoms. The summed E-state index contributed by atoms with van der Waals surface area (Å²) in [6, 6.07) is 9.86. The SMILES string of the molecule is NC=NC(=Nc1cccc(-c2noc(CCl)n2)c1)c1[nH]ccc1CN1CCC(N)CC1. The standard InChI is InChI=1S/C21H25ClN8O/c22-11-18-28-20(29-31-18)14-2-1-3-17(10-14)27-21(26-13-23)19-15(4-7-25-19)12-30-8-5-16(24)6-9-30/h1-4,7,10,13,16,25H,5-6,8-9,11-12,24H2,(H2,23,26,27). The van der Waals surface area contributed by atoms with Gasteiger partial charge >= 0.3 is 0 Å². The Morgan fingerprint density at radius 1 is 1.32 bits per heavy atom. The number of piperidine rings is 1. The minimum atomic E-state index is 0.165. The number of nitrogens with zero attached hydrogens (tertiary/aromatic N) is 5. The van der Waals surface area contributed by atoms with Crippen molar-refractivity contribution in [3.63, 3.8) is 0 Å². The van der Waals surface area contributed by atoms with E-state index < -0.39 is 0 Å². The molecule has 3 heterocycles. The molecule has 0 amide bonds. The molecule has 1 aliphatic heterocycles. The van der Waals surface area contributed by atoms with Crippen LogP contribution in [0.25, 0.3) is 11.4 Å². The Balaban J connectivity index is 1.60. The number of amidine groups is 1. The third-order valence-corrected chi connectivity index (χ3v) is 5.43. The number of hydrogen-bond acceptors (Lipinski definition) is 6. The summed E-state index contributed by atoms with van der Waals surface area (Å²) in [6.45, 7) is 2.76. The number of hydrogen-bond donors (Lipinski definition) is 3. The summed E-state index contributed by atoms with van der Waals surface area (Å²) in [5.74, 6) is 1.50. The third kappa shape index (κ3) is 5.19. The lowest BCUT2D eigenvalue weighted by atomic mass is 10.1. The lowest BCUT2D eigenvalue weighted by molar-refractivity contribution is 0.205. The van der Waals surface area contributed by atoms with E-state index in [1.807, 2.05) is 30.5 Å². The van der Waals surface area contributed by atoms with Gasteiger partial charge in [0.1, 0.15) is 5.88 Å². The van der Waals surface area contributed by atoms with Gasteiger partial charge in [0.05, 0.1) is 17.7 Å². The minimum Gasteiger partial charge on any atom is -0.390 e.